The van der Waals surface area contributed by atoms with Gasteiger partial charge < -0.3 is 9.42 Å². The molecule has 0 unspecified atom stereocenters. The van der Waals surface area contributed by atoms with Crippen LogP contribution in [0.4, 0.5) is 0 Å². The first-order valence-corrected chi connectivity index (χ1v) is 8.03. The molecule has 0 aliphatic carbocycles. The monoisotopic (exact) mass is 306 g/mol. The molecule has 0 spiro atoms. The molecular formula is C14H18N4O2S. The van der Waals surface area contributed by atoms with Crippen molar-refractivity contribution in [1.82, 2.24) is 20.0 Å². The highest BCUT2D eigenvalue weighted by Crippen LogP contribution is 2.27. The molecular weight excluding hydrogens is 288 g/mol. The number of aromatic nitrogens is 3. The number of amides is 1. The standard InChI is InChI=1S/C14H18N4O2S/c1-3-12-15-7-11(21-12)14(19)18-6-4-5-10(8-18)13-16-9(2)17-20-13/h7,10H,3-6,8H2,1-2H3/t10-/m0/s1. The SMILES string of the molecule is CCc1ncc(C(=O)N2CCC[C@H](c3nc(C)no3)C2)s1. The van der Waals surface area contributed by atoms with E-state index in [1.165, 1.54) is 11.3 Å². The number of hydrogen-bond acceptors (Lipinski definition) is 6. The quantitative estimate of drug-likeness (QED) is 0.870. The van der Waals surface area contributed by atoms with Crippen LogP contribution in [-0.2, 0) is 6.42 Å². The molecule has 1 aliphatic heterocycles. The molecule has 0 radical (unpaired) electrons. The van der Waals surface area contributed by atoms with Crippen molar-refractivity contribution < 1.29 is 9.32 Å². The summed E-state index contributed by atoms with van der Waals surface area (Å²) < 4.78 is 5.25. The molecule has 3 heterocycles. The van der Waals surface area contributed by atoms with Gasteiger partial charge in [-0.1, -0.05) is 12.1 Å². The highest BCUT2D eigenvalue weighted by atomic mass is 32.1. The van der Waals surface area contributed by atoms with Crippen molar-refractivity contribution in [3.05, 3.63) is 27.8 Å². The minimum atomic E-state index is 0.0631. The van der Waals surface area contributed by atoms with E-state index in [1.54, 1.807) is 6.20 Å². The third kappa shape index (κ3) is 2.97. The summed E-state index contributed by atoms with van der Waals surface area (Å²) in [7, 11) is 0. The van der Waals surface area contributed by atoms with Crippen molar-refractivity contribution in [2.45, 2.75) is 39.0 Å². The Morgan fingerprint density at radius 1 is 1.57 bits per heavy atom. The van der Waals surface area contributed by atoms with Gasteiger partial charge in [-0.05, 0) is 26.2 Å². The first-order valence-electron chi connectivity index (χ1n) is 7.21. The Labute approximate surface area is 127 Å². The van der Waals surface area contributed by atoms with Gasteiger partial charge in [0.2, 0.25) is 5.89 Å². The predicted octanol–water partition coefficient (Wildman–Crippen LogP) is 2.42. The second-order valence-electron chi connectivity index (χ2n) is 5.24. The summed E-state index contributed by atoms with van der Waals surface area (Å²) in [4.78, 5) is 23.7. The Morgan fingerprint density at radius 2 is 2.43 bits per heavy atom. The average Bonchev–Trinajstić information content (AvgIpc) is 3.15. The summed E-state index contributed by atoms with van der Waals surface area (Å²) in [5.41, 5.74) is 0. The van der Waals surface area contributed by atoms with Crippen molar-refractivity contribution in [1.29, 1.82) is 0 Å². The molecule has 0 saturated carbocycles. The van der Waals surface area contributed by atoms with E-state index >= 15 is 0 Å². The second-order valence-corrected chi connectivity index (χ2v) is 6.36. The van der Waals surface area contributed by atoms with Crippen LogP contribution in [0.25, 0.3) is 0 Å². The highest BCUT2D eigenvalue weighted by Gasteiger charge is 2.29. The average molecular weight is 306 g/mol. The maximum Gasteiger partial charge on any atom is 0.265 e. The molecule has 0 bridgehead atoms. The minimum Gasteiger partial charge on any atom is -0.339 e. The van der Waals surface area contributed by atoms with Crippen molar-refractivity contribution in [3.8, 4) is 0 Å². The maximum atomic E-state index is 12.5. The van der Waals surface area contributed by atoms with Crippen molar-refractivity contribution in [2.75, 3.05) is 13.1 Å². The Balaban J connectivity index is 1.72. The predicted molar refractivity (Wildman–Crippen MR) is 78.4 cm³/mol. The fraction of sp³-hybridized carbons (Fsp3) is 0.571. The molecule has 0 aromatic carbocycles. The molecule has 2 aromatic rings. The molecule has 2 aromatic heterocycles. The third-order valence-electron chi connectivity index (χ3n) is 3.67. The van der Waals surface area contributed by atoms with Gasteiger partial charge in [0.15, 0.2) is 5.82 Å². The van der Waals surface area contributed by atoms with E-state index in [0.717, 1.165) is 30.8 Å². The Hall–Kier alpha value is -1.76. The van der Waals surface area contributed by atoms with Gasteiger partial charge >= 0.3 is 0 Å². The molecule has 0 N–H and O–H groups in total. The van der Waals surface area contributed by atoms with E-state index in [0.29, 0.717) is 23.1 Å². The van der Waals surface area contributed by atoms with Crippen LogP contribution in [0.5, 0.6) is 0 Å². The van der Waals surface area contributed by atoms with Crippen molar-refractivity contribution in [2.24, 2.45) is 0 Å². The van der Waals surface area contributed by atoms with Gasteiger partial charge in [0.1, 0.15) is 4.88 Å². The lowest BCUT2D eigenvalue weighted by Crippen LogP contribution is -2.38. The summed E-state index contributed by atoms with van der Waals surface area (Å²) in [6.07, 6.45) is 4.49. The first kappa shape index (κ1) is 14.2. The number of piperidine rings is 1. The normalized spacial score (nSPS) is 19.0. The molecule has 3 rings (SSSR count). The molecule has 1 aliphatic rings. The molecule has 1 fully saturated rings. The Morgan fingerprint density at radius 3 is 3.10 bits per heavy atom. The molecule has 7 heteroatoms. The lowest BCUT2D eigenvalue weighted by Gasteiger charge is -2.30. The summed E-state index contributed by atoms with van der Waals surface area (Å²) in [6, 6.07) is 0. The smallest absolute Gasteiger partial charge is 0.265 e. The summed E-state index contributed by atoms with van der Waals surface area (Å²) in [5, 5.41) is 4.84. The van der Waals surface area contributed by atoms with Gasteiger partial charge in [0.25, 0.3) is 5.91 Å². The number of aryl methyl sites for hydroxylation is 2. The van der Waals surface area contributed by atoms with Crippen LogP contribution in [0.2, 0.25) is 0 Å². The van der Waals surface area contributed by atoms with Gasteiger partial charge in [-0.2, -0.15) is 4.98 Å². The van der Waals surface area contributed by atoms with Crippen LogP contribution in [-0.4, -0.2) is 39.0 Å². The second kappa shape index (κ2) is 5.93. The lowest BCUT2D eigenvalue weighted by molar-refractivity contribution is 0.0700. The van der Waals surface area contributed by atoms with E-state index in [2.05, 4.69) is 15.1 Å². The number of rotatable bonds is 3. The number of thiazole rings is 1. The van der Waals surface area contributed by atoms with Gasteiger partial charge in [-0.3, -0.25) is 4.79 Å². The third-order valence-corrected chi connectivity index (χ3v) is 4.80. The summed E-state index contributed by atoms with van der Waals surface area (Å²) in [6.45, 7) is 5.27. The van der Waals surface area contributed by atoms with E-state index < -0.39 is 0 Å². The Bertz CT molecular complexity index is 636. The number of nitrogens with zero attached hydrogens (tertiary/aromatic N) is 4. The number of carbonyl (C=O) groups is 1. The van der Waals surface area contributed by atoms with Crippen LogP contribution in [0.1, 0.15) is 52.1 Å². The zero-order valence-electron chi connectivity index (χ0n) is 12.2. The first-order chi connectivity index (χ1) is 10.2. The fourth-order valence-electron chi connectivity index (χ4n) is 2.57. The van der Waals surface area contributed by atoms with Gasteiger partial charge in [0, 0.05) is 13.1 Å². The molecule has 21 heavy (non-hydrogen) atoms. The van der Waals surface area contributed by atoms with Gasteiger partial charge in [-0.25, -0.2) is 4.98 Å². The minimum absolute atomic E-state index is 0.0631. The molecule has 1 atom stereocenters. The molecule has 6 nitrogen and oxygen atoms in total. The van der Waals surface area contributed by atoms with Crippen LogP contribution in [0, 0.1) is 6.92 Å². The largest absolute Gasteiger partial charge is 0.339 e. The van der Waals surface area contributed by atoms with Crippen LogP contribution in [0.15, 0.2) is 10.7 Å². The summed E-state index contributed by atoms with van der Waals surface area (Å²) >= 11 is 1.48. The highest BCUT2D eigenvalue weighted by molar-refractivity contribution is 7.13. The zero-order chi connectivity index (χ0) is 14.8. The van der Waals surface area contributed by atoms with Crippen LogP contribution in [0.3, 0.4) is 0 Å². The number of carbonyl (C=O) groups excluding carboxylic acids is 1. The Kier molecular flexibility index (Phi) is 4.01. The molecule has 112 valence electrons. The topological polar surface area (TPSA) is 72.1 Å². The van der Waals surface area contributed by atoms with Crippen molar-refractivity contribution in [3.63, 3.8) is 0 Å². The van der Waals surface area contributed by atoms with E-state index in [-0.39, 0.29) is 11.8 Å². The maximum absolute atomic E-state index is 12.5. The fourth-order valence-corrected chi connectivity index (χ4v) is 3.40. The molecule has 1 saturated heterocycles. The summed E-state index contributed by atoms with van der Waals surface area (Å²) in [5.74, 6) is 1.49. The van der Waals surface area contributed by atoms with Crippen molar-refractivity contribution >= 4 is 17.2 Å². The van der Waals surface area contributed by atoms with Crippen LogP contribution < -0.4 is 0 Å². The van der Waals surface area contributed by atoms with E-state index in [4.69, 9.17) is 4.52 Å². The van der Waals surface area contributed by atoms with E-state index in [9.17, 15) is 4.79 Å². The van der Waals surface area contributed by atoms with E-state index in [1.807, 2.05) is 18.7 Å². The van der Waals surface area contributed by atoms with Gasteiger partial charge in [0.05, 0.1) is 17.1 Å². The van der Waals surface area contributed by atoms with Crippen LogP contribution >= 0.6 is 11.3 Å². The molecule has 1 amide bonds. The zero-order valence-corrected chi connectivity index (χ0v) is 13.0. The number of hydrogen-bond donors (Lipinski definition) is 0. The lowest BCUT2D eigenvalue weighted by atomic mass is 9.98. The number of likely N-dealkylation sites (tertiary alicyclic amines) is 1. The van der Waals surface area contributed by atoms with Gasteiger partial charge in [-0.15, -0.1) is 11.3 Å².